The number of aromatic nitrogens is 4. The standard InChI is InChI=1S/C10H12N6O3S/c1-6-11-8(16(18)19)5-15(6)4-3-9(17)12-10-14-13-7(2)20-10/h5H,3-4H2,1-2H3,(H,12,14,17). The van der Waals surface area contributed by atoms with Crippen molar-refractivity contribution in [3.63, 3.8) is 0 Å². The molecule has 2 rings (SSSR count). The van der Waals surface area contributed by atoms with Gasteiger partial charge in [0.25, 0.3) is 0 Å². The number of amides is 1. The normalized spacial score (nSPS) is 10.5. The van der Waals surface area contributed by atoms with Crippen molar-refractivity contribution in [2.45, 2.75) is 26.8 Å². The monoisotopic (exact) mass is 296 g/mol. The van der Waals surface area contributed by atoms with Gasteiger partial charge in [-0.3, -0.25) is 4.79 Å². The summed E-state index contributed by atoms with van der Waals surface area (Å²) in [6.45, 7) is 3.76. The molecule has 2 aromatic rings. The van der Waals surface area contributed by atoms with Gasteiger partial charge in [-0.1, -0.05) is 11.3 Å². The molecule has 9 nitrogen and oxygen atoms in total. The van der Waals surface area contributed by atoms with Gasteiger partial charge < -0.3 is 20.0 Å². The van der Waals surface area contributed by atoms with Crippen LogP contribution in [0.2, 0.25) is 0 Å². The SMILES string of the molecule is Cc1nnc(NC(=O)CCn2cc([N+](=O)[O-])nc2C)s1. The average molecular weight is 296 g/mol. The second-order valence-electron chi connectivity index (χ2n) is 4.02. The van der Waals surface area contributed by atoms with E-state index in [0.29, 0.717) is 17.5 Å². The molecule has 2 heterocycles. The van der Waals surface area contributed by atoms with Crippen molar-refractivity contribution >= 4 is 28.2 Å². The molecular formula is C10H12N6O3S. The third-order valence-corrected chi connectivity index (χ3v) is 3.26. The molecule has 0 aromatic carbocycles. The van der Waals surface area contributed by atoms with Crippen molar-refractivity contribution in [2.24, 2.45) is 0 Å². The summed E-state index contributed by atoms with van der Waals surface area (Å²) in [6, 6.07) is 0. The van der Waals surface area contributed by atoms with Gasteiger partial charge in [0.2, 0.25) is 16.9 Å². The van der Waals surface area contributed by atoms with Crippen molar-refractivity contribution in [3.8, 4) is 0 Å². The molecule has 1 N–H and O–H groups in total. The van der Waals surface area contributed by atoms with Gasteiger partial charge in [-0.15, -0.1) is 10.2 Å². The van der Waals surface area contributed by atoms with E-state index in [1.807, 2.05) is 0 Å². The number of imidazole rings is 1. The molecule has 0 bridgehead atoms. The Hall–Kier alpha value is -2.36. The molecule has 0 atom stereocenters. The van der Waals surface area contributed by atoms with E-state index in [1.54, 1.807) is 18.4 Å². The van der Waals surface area contributed by atoms with Crippen LogP contribution in [-0.2, 0) is 11.3 Å². The van der Waals surface area contributed by atoms with Crippen molar-refractivity contribution in [1.82, 2.24) is 19.7 Å². The maximum absolute atomic E-state index is 11.7. The fourth-order valence-corrected chi connectivity index (χ4v) is 2.16. The van der Waals surface area contributed by atoms with Crippen molar-refractivity contribution < 1.29 is 9.72 Å². The minimum Gasteiger partial charge on any atom is -0.358 e. The molecule has 0 spiro atoms. The molecule has 0 aliphatic rings. The number of rotatable bonds is 5. The Morgan fingerprint density at radius 1 is 1.50 bits per heavy atom. The summed E-state index contributed by atoms with van der Waals surface area (Å²) in [5, 5.41) is 22.0. The molecule has 0 unspecified atom stereocenters. The summed E-state index contributed by atoms with van der Waals surface area (Å²) in [5.74, 6) is 0.0517. The van der Waals surface area contributed by atoms with Crippen LogP contribution in [0.3, 0.4) is 0 Å². The van der Waals surface area contributed by atoms with E-state index < -0.39 is 4.92 Å². The summed E-state index contributed by atoms with van der Waals surface area (Å²) < 4.78 is 1.57. The number of hydrogen-bond acceptors (Lipinski definition) is 7. The highest BCUT2D eigenvalue weighted by molar-refractivity contribution is 7.15. The van der Waals surface area contributed by atoms with Gasteiger partial charge in [0.1, 0.15) is 11.2 Å². The molecule has 1 amide bonds. The van der Waals surface area contributed by atoms with Gasteiger partial charge in [0, 0.05) is 19.9 Å². The number of carbonyl (C=O) groups is 1. The molecule has 2 aromatic heterocycles. The fourth-order valence-electron chi connectivity index (χ4n) is 1.56. The zero-order chi connectivity index (χ0) is 14.7. The van der Waals surface area contributed by atoms with Crippen molar-refractivity contribution in [1.29, 1.82) is 0 Å². The Bertz CT molecular complexity index is 649. The highest BCUT2D eigenvalue weighted by atomic mass is 32.1. The van der Waals surface area contributed by atoms with E-state index in [1.165, 1.54) is 17.5 Å². The van der Waals surface area contributed by atoms with Crippen LogP contribution in [0.15, 0.2) is 6.20 Å². The van der Waals surface area contributed by atoms with Crippen LogP contribution >= 0.6 is 11.3 Å². The largest absolute Gasteiger partial charge is 0.381 e. The molecule has 0 fully saturated rings. The number of nitrogens with zero attached hydrogens (tertiary/aromatic N) is 5. The average Bonchev–Trinajstić information content (AvgIpc) is 2.93. The molecule has 0 saturated heterocycles. The summed E-state index contributed by atoms with van der Waals surface area (Å²) in [6.07, 6.45) is 1.49. The Kier molecular flexibility index (Phi) is 4.03. The Balaban J connectivity index is 1.91. The van der Waals surface area contributed by atoms with E-state index in [4.69, 9.17) is 0 Å². The quantitative estimate of drug-likeness (QED) is 0.656. The molecule has 20 heavy (non-hydrogen) atoms. The number of nitrogens with one attached hydrogen (secondary N) is 1. The first-order chi connectivity index (χ1) is 9.45. The number of anilines is 1. The second kappa shape index (κ2) is 5.74. The molecule has 0 aliphatic heterocycles. The van der Waals surface area contributed by atoms with Crippen LogP contribution in [0, 0.1) is 24.0 Å². The van der Waals surface area contributed by atoms with Crippen LogP contribution in [0.25, 0.3) is 0 Å². The first kappa shape index (κ1) is 14.1. The zero-order valence-corrected chi connectivity index (χ0v) is 11.7. The van der Waals surface area contributed by atoms with E-state index in [0.717, 1.165) is 5.01 Å². The molecule has 0 radical (unpaired) electrons. The lowest BCUT2D eigenvalue weighted by Gasteiger charge is -2.02. The van der Waals surface area contributed by atoms with Crippen LogP contribution in [0.5, 0.6) is 0 Å². The third kappa shape index (κ3) is 3.35. The third-order valence-electron chi connectivity index (χ3n) is 2.50. The maximum Gasteiger partial charge on any atom is 0.381 e. The lowest BCUT2D eigenvalue weighted by Crippen LogP contribution is -2.14. The summed E-state index contributed by atoms with van der Waals surface area (Å²) in [7, 11) is 0. The van der Waals surface area contributed by atoms with Gasteiger partial charge in [-0.05, 0) is 16.8 Å². The van der Waals surface area contributed by atoms with Gasteiger partial charge in [-0.25, -0.2) is 0 Å². The number of carbonyl (C=O) groups excluding carboxylic acids is 1. The Labute approximate surface area is 117 Å². The van der Waals surface area contributed by atoms with Gasteiger partial charge in [-0.2, -0.15) is 0 Å². The summed E-state index contributed by atoms with van der Waals surface area (Å²) >= 11 is 1.29. The second-order valence-corrected chi connectivity index (χ2v) is 5.20. The van der Waals surface area contributed by atoms with Crippen LogP contribution < -0.4 is 5.32 Å². The predicted molar refractivity (Wildman–Crippen MR) is 71.5 cm³/mol. The van der Waals surface area contributed by atoms with Gasteiger partial charge in [0.05, 0.1) is 0 Å². The fraction of sp³-hybridized carbons (Fsp3) is 0.400. The lowest BCUT2D eigenvalue weighted by atomic mass is 10.4. The highest BCUT2D eigenvalue weighted by Crippen LogP contribution is 2.14. The van der Waals surface area contributed by atoms with E-state index in [9.17, 15) is 14.9 Å². The van der Waals surface area contributed by atoms with Crippen molar-refractivity contribution in [3.05, 3.63) is 27.1 Å². The number of aryl methyl sites for hydroxylation is 3. The zero-order valence-electron chi connectivity index (χ0n) is 10.9. The summed E-state index contributed by atoms with van der Waals surface area (Å²) in [5.41, 5.74) is 0. The van der Waals surface area contributed by atoms with E-state index in [-0.39, 0.29) is 18.1 Å². The first-order valence-corrected chi connectivity index (χ1v) is 6.55. The first-order valence-electron chi connectivity index (χ1n) is 5.74. The van der Waals surface area contributed by atoms with Crippen molar-refractivity contribution in [2.75, 3.05) is 5.32 Å². The van der Waals surface area contributed by atoms with Crippen LogP contribution in [0.4, 0.5) is 10.9 Å². The molecule has 0 saturated carbocycles. The minimum atomic E-state index is -0.562. The Morgan fingerprint density at radius 3 is 2.80 bits per heavy atom. The van der Waals surface area contributed by atoms with E-state index >= 15 is 0 Å². The minimum absolute atomic E-state index is 0.174. The molecule has 106 valence electrons. The van der Waals surface area contributed by atoms with Crippen LogP contribution in [-0.4, -0.2) is 30.6 Å². The maximum atomic E-state index is 11.7. The molecule has 0 aliphatic carbocycles. The van der Waals surface area contributed by atoms with E-state index in [2.05, 4.69) is 20.5 Å². The van der Waals surface area contributed by atoms with Gasteiger partial charge >= 0.3 is 5.82 Å². The summed E-state index contributed by atoms with van der Waals surface area (Å²) in [4.78, 5) is 25.5. The number of hydrogen-bond donors (Lipinski definition) is 1. The molecular weight excluding hydrogens is 284 g/mol. The smallest absolute Gasteiger partial charge is 0.358 e. The Morgan fingerprint density at radius 2 is 2.25 bits per heavy atom. The van der Waals surface area contributed by atoms with Crippen LogP contribution in [0.1, 0.15) is 17.3 Å². The number of nitro groups is 1. The topological polar surface area (TPSA) is 116 Å². The molecule has 10 heteroatoms. The highest BCUT2D eigenvalue weighted by Gasteiger charge is 2.15. The van der Waals surface area contributed by atoms with Gasteiger partial charge in [0.15, 0.2) is 0 Å². The lowest BCUT2D eigenvalue weighted by molar-refractivity contribution is -0.389. The predicted octanol–water partition coefficient (Wildman–Crippen LogP) is 1.29.